The predicted octanol–water partition coefficient (Wildman–Crippen LogP) is 2.87. The lowest BCUT2D eigenvalue weighted by Crippen LogP contribution is -2.35. The summed E-state index contributed by atoms with van der Waals surface area (Å²) in [6.07, 6.45) is 6.10. The number of rotatable bonds is 4. The molecule has 3 nitrogen and oxygen atoms in total. The van der Waals surface area contributed by atoms with Crippen LogP contribution in [0.5, 0.6) is 0 Å². The van der Waals surface area contributed by atoms with Crippen LogP contribution in [0.25, 0.3) is 0 Å². The Kier molecular flexibility index (Phi) is 4.14. The fraction of sp³-hybridized carbons (Fsp3) is 0.615. The average molecular weight is 250 g/mol. The van der Waals surface area contributed by atoms with E-state index in [0.29, 0.717) is 11.8 Å². The number of thioether (sulfide) groups is 1. The second-order valence-corrected chi connectivity index (χ2v) is 5.64. The Labute approximate surface area is 107 Å². The maximum absolute atomic E-state index is 8.72. The molecule has 0 amide bonds. The van der Waals surface area contributed by atoms with Gasteiger partial charge in [-0.2, -0.15) is 17.0 Å². The Morgan fingerprint density at radius 3 is 3.00 bits per heavy atom. The molecule has 0 aliphatic heterocycles. The third kappa shape index (κ3) is 2.85. The maximum atomic E-state index is 8.72. The molecule has 0 saturated heterocycles. The van der Waals surface area contributed by atoms with Gasteiger partial charge in [0.2, 0.25) is 5.76 Å². The predicted molar refractivity (Wildman–Crippen MR) is 69.8 cm³/mol. The Bertz CT molecular complexity index is 410. The first-order chi connectivity index (χ1) is 8.24. The molecule has 17 heavy (non-hydrogen) atoms. The van der Waals surface area contributed by atoms with Crippen molar-refractivity contribution in [1.29, 1.82) is 5.26 Å². The lowest BCUT2D eigenvalue weighted by Gasteiger charge is -2.27. The van der Waals surface area contributed by atoms with E-state index in [2.05, 4.69) is 18.2 Å². The summed E-state index contributed by atoms with van der Waals surface area (Å²) in [6.45, 7) is 0.795. The molecule has 0 unspecified atom stereocenters. The van der Waals surface area contributed by atoms with E-state index in [1.165, 1.54) is 19.3 Å². The van der Waals surface area contributed by atoms with Crippen LogP contribution < -0.4 is 0 Å². The summed E-state index contributed by atoms with van der Waals surface area (Å²) in [4.78, 5) is 2.36. The summed E-state index contributed by atoms with van der Waals surface area (Å²) in [5.74, 6) is 1.29. The van der Waals surface area contributed by atoms with Crippen LogP contribution >= 0.6 is 11.8 Å². The molecule has 1 aliphatic rings. The van der Waals surface area contributed by atoms with Crippen LogP contribution in [-0.4, -0.2) is 29.5 Å². The van der Waals surface area contributed by atoms with E-state index < -0.39 is 0 Å². The Balaban J connectivity index is 1.96. The zero-order valence-electron chi connectivity index (χ0n) is 10.3. The van der Waals surface area contributed by atoms with Crippen molar-refractivity contribution in [3.8, 4) is 6.07 Å². The van der Waals surface area contributed by atoms with E-state index in [4.69, 9.17) is 9.68 Å². The van der Waals surface area contributed by atoms with Crippen LogP contribution in [0.4, 0.5) is 0 Å². The highest BCUT2D eigenvalue weighted by atomic mass is 32.2. The summed E-state index contributed by atoms with van der Waals surface area (Å²) < 4.78 is 5.42. The van der Waals surface area contributed by atoms with Crippen molar-refractivity contribution in [3.05, 3.63) is 23.7 Å². The van der Waals surface area contributed by atoms with Gasteiger partial charge in [-0.25, -0.2) is 0 Å². The first-order valence-corrected chi connectivity index (χ1v) is 7.25. The maximum Gasteiger partial charge on any atom is 0.203 e. The first-order valence-electron chi connectivity index (χ1n) is 5.96. The molecule has 0 radical (unpaired) electrons. The molecule has 1 heterocycles. The van der Waals surface area contributed by atoms with Crippen LogP contribution in [-0.2, 0) is 6.54 Å². The zero-order valence-corrected chi connectivity index (χ0v) is 11.2. The van der Waals surface area contributed by atoms with E-state index in [-0.39, 0.29) is 0 Å². The van der Waals surface area contributed by atoms with Crippen LogP contribution in [0.2, 0.25) is 0 Å². The van der Waals surface area contributed by atoms with Crippen molar-refractivity contribution < 1.29 is 4.42 Å². The largest absolute Gasteiger partial charge is 0.449 e. The SMILES string of the molecule is CS[C@H]1CCC[C@H]1N(C)Cc1ccc(C#N)o1. The number of nitriles is 1. The van der Waals surface area contributed by atoms with Crippen LogP contribution in [0.1, 0.15) is 30.8 Å². The summed E-state index contributed by atoms with van der Waals surface area (Å²) >= 11 is 1.96. The molecule has 1 fully saturated rings. The van der Waals surface area contributed by atoms with Crippen LogP contribution in [0.15, 0.2) is 16.5 Å². The van der Waals surface area contributed by atoms with Crippen molar-refractivity contribution in [2.24, 2.45) is 0 Å². The van der Waals surface area contributed by atoms with E-state index in [1.807, 2.05) is 23.9 Å². The molecule has 4 heteroatoms. The molecular weight excluding hydrogens is 232 g/mol. The monoisotopic (exact) mass is 250 g/mol. The summed E-state index contributed by atoms with van der Waals surface area (Å²) in [5.41, 5.74) is 0. The van der Waals surface area contributed by atoms with E-state index >= 15 is 0 Å². The van der Waals surface area contributed by atoms with E-state index in [9.17, 15) is 0 Å². The Morgan fingerprint density at radius 1 is 1.53 bits per heavy atom. The van der Waals surface area contributed by atoms with Gasteiger partial charge in [-0.05, 0) is 38.3 Å². The third-order valence-corrected chi connectivity index (χ3v) is 4.62. The van der Waals surface area contributed by atoms with Gasteiger partial charge in [0.1, 0.15) is 11.8 Å². The lowest BCUT2D eigenvalue weighted by molar-refractivity contribution is 0.222. The van der Waals surface area contributed by atoms with Gasteiger partial charge in [-0.15, -0.1) is 0 Å². The molecule has 1 saturated carbocycles. The van der Waals surface area contributed by atoms with Gasteiger partial charge < -0.3 is 4.42 Å². The second-order valence-electron chi connectivity index (χ2n) is 4.57. The molecule has 1 aromatic heterocycles. The standard InChI is InChI=1S/C13H18N2OS/c1-15(12-4-3-5-13(12)17-2)9-11-7-6-10(8-14)16-11/h6-7,12-13H,3-5,9H2,1-2H3/t12-,13+/m1/s1. The molecule has 92 valence electrons. The molecule has 1 aliphatic carbocycles. The van der Waals surface area contributed by atoms with Crippen molar-refractivity contribution in [3.63, 3.8) is 0 Å². The number of hydrogen-bond donors (Lipinski definition) is 0. The quantitative estimate of drug-likeness (QED) is 0.824. The van der Waals surface area contributed by atoms with Gasteiger partial charge in [0, 0.05) is 11.3 Å². The third-order valence-electron chi connectivity index (χ3n) is 3.46. The fourth-order valence-corrected chi connectivity index (χ4v) is 3.63. The summed E-state index contributed by atoms with van der Waals surface area (Å²) in [7, 11) is 2.15. The van der Waals surface area contributed by atoms with E-state index in [1.54, 1.807) is 6.07 Å². The van der Waals surface area contributed by atoms with Crippen molar-refractivity contribution >= 4 is 11.8 Å². The first kappa shape index (κ1) is 12.5. The van der Waals surface area contributed by atoms with Crippen molar-refractivity contribution in [2.75, 3.05) is 13.3 Å². The lowest BCUT2D eigenvalue weighted by atomic mass is 10.2. The van der Waals surface area contributed by atoms with Crippen LogP contribution in [0, 0.1) is 11.3 Å². The molecule has 2 rings (SSSR count). The van der Waals surface area contributed by atoms with Gasteiger partial charge >= 0.3 is 0 Å². The minimum atomic E-state index is 0.404. The topological polar surface area (TPSA) is 40.2 Å². The average Bonchev–Trinajstić information content (AvgIpc) is 2.96. The van der Waals surface area contributed by atoms with Gasteiger partial charge in [-0.1, -0.05) is 6.42 Å². The van der Waals surface area contributed by atoms with Crippen molar-refractivity contribution in [1.82, 2.24) is 4.90 Å². The minimum Gasteiger partial charge on any atom is -0.449 e. The Morgan fingerprint density at radius 2 is 2.35 bits per heavy atom. The highest BCUT2D eigenvalue weighted by molar-refractivity contribution is 7.99. The molecule has 0 spiro atoms. The van der Waals surface area contributed by atoms with Gasteiger partial charge in [0.05, 0.1) is 6.54 Å². The van der Waals surface area contributed by atoms with Gasteiger partial charge in [0.15, 0.2) is 0 Å². The smallest absolute Gasteiger partial charge is 0.203 e. The normalized spacial score (nSPS) is 24.1. The number of furan rings is 1. The number of nitrogens with zero attached hydrogens (tertiary/aromatic N) is 2. The van der Waals surface area contributed by atoms with Crippen molar-refractivity contribution in [2.45, 2.75) is 37.1 Å². The molecule has 0 N–H and O–H groups in total. The van der Waals surface area contributed by atoms with E-state index in [0.717, 1.165) is 17.6 Å². The summed E-state index contributed by atoms with van der Waals surface area (Å²) in [6, 6.07) is 6.30. The molecule has 0 bridgehead atoms. The summed E-state index contributed by atoms with van der Waals surface area (Å²) in [5, 5.41) is 9.46. The molecule has 1 aromatic rings. The van der Waals surface area contributed by atoms with Gasteiger partial charge in [-0.3, -0.25) is 4.90 Å². The zero-order chi connectivity index (χ0) is 12.3. The van der Waals surface area contributed by atoms with Crippen LogP contribution in [0.3, 0.4) is 0 Å². The Hall–Kier alpha value is -0.920. The molecule has 0 aromatic carbocycles. The number of hydrogen-bond acceptors (Lipinski definition) is 4. The molecular formula is C13H18N2OS. The minimum absolute atomic E-state index is 0.404. The second kappa shape index (κ2) is 5.61. The molecule has 2 atom stereocenters. The van der Waals surface area contributed by atoms with Gasteiger partial charge in [0.25, 0.3) is 0 Å². The highest BCUT2D eigenvalue weighted by Gasteiger charge is 2.29. The highest BCUT2D eigenvalue weighted by Crippen LogP contribution is 2.32. The fourth-order valence-electron chi connectivity index (χ4n) is 2.57.